The standard InChI is InChI=1S/C11H11BrClF2NO3.ClH/c1-2-19-10(18)11(14,15)9(16)6-3-5(12)4-7(13)8(6)17;/h3-4,9,17H,2,16H2,1H3;1H/t9-;/m0./s1. The lowest BCUT2D eigenvalue weighted by atomic mass is 10.0. The van der Waals surface area contributed by atoms with Gasteiger partial charge in [-0.15, -0.1) is 12.4 Å². The van der Waals surface area contributed by atoms with Gasteiger partial charge >= 0.3 is 11.9 Å². The van der Waals surface area contributed by atoms with Gasteiger partial charge in [-0.2, -0.15) is 8.78 Å². The van der Waals surface area contributed by atoms with Crippen LogP contribution >= 0.6 is 39.9 Å². The summed E-state index contributed by atoms with van der Waals surface area (Å²) in [4.78, 5) is 11.2. The Balaban J connectivity index is 0.00000361. The van der Waals surface area contributed by atoms with Gasteiger partial charge < -0.3 is 15.6 Å². The van der Waals surface area contributed by atoms with E-state index in [-0.39, 0.29) is 29.6 Å². The number of benzene rings is 1. The van der Waals surface area contributed by atoms with E-state index in [1.807, 2.05) is 0 Å². The molecule has 4 nitrogen and oxygen atoms in total. The normalized spacial score (nSPS) is 12.5. The van der Waals surface area contributed by atoms with E-state index >= 15 is 0 Å². The Hall–Kier alpha value is -0.630. The summed E-state index contributed by atoms with van der Waals surface area (Å²) >= 11 is 8.70. The second-order valence-electron chi connectivity index (χ2n) is 3.65. The van der Waals surface area contributed by atoms with Gasteiger partial charge in [0.2, 0.25) is 0 Å². The molecule has 1 aromatic carbocycles. The second-order valence-corrected chi connectivity index (χ2v) is 4.97. The Bertz CT molecular complexity index is 503. The maximum absolute atomic E-state index is 13.8. The Morgan fingerprint density at radius 3 is 2.65 bits per heavy atom. The monoisotopic (exact) mass is 393 g/mol. The second kappa shape index (κ2) is 7.40. The van der Waals surface area contributed by atoms with Crippen LogP contribution in [0.25, 0.3) is 0 Å². The van der Waals surface area contributed by atoms with Gasteiger partial charge in [-0.05, 0) is 19.1 Å². The zero-order valence-corrected chi connectivity index (χ0v) is 13.4. The number of hydrogen-bond acceptors (Lipinski definition) is 4. The largest absolute Gasteiger partial charge is 0.506 e. The molecule has 0 radical (unpaired) electrons. The number of nitrogens with two attached hydrogens (primary N) is 1. The molecule has 9 heteroatoms. The summed E-state index contributed by atoms with van der Waals surface area (Å²) < 4.78 is 32.1. The molecule has 0 unspecified atom stereocenters. The topological polar surface area (TPSA) is 72.5 Å². The van der Waals surface area contributed by atoms with Crippen LogP contribution in [-0.4, -0.2) is 23.6 Å². The minimum atomic E-state index is -3.97. The number of esters is 1. The molecule has 0 heterocycles. The number of hydrogen-bond donors (Lipinski definition) is 2. The minimum Gasteiger partial charge on any atom is -0.506 e. The van der Waals surface area contributed by atoms with Crippen molar-refractivity contribution in [2.24, 2.45) is 5.73 Å². The third-order valence-electron chi connectivity index (χ3n) is 2.33. The van der Waals surface area contributed by atoms with Gasteiger partial charge in [0.1, 0.15) is 11.8 Å². The fraction of sp³-hybridized carbons (Fsp3) is 0.364. The highest BCUT2D eigenvalue weighted by Gasteiger charge is 2.48. The molecule has 0 bridgehead atoms. The fourth-order valence-electron chi connectivity index (χ4n) is 1.37. The summed E-state index contributed by atoms with van der Waals surface area (Å²) in [6, 6.07) is 0.413. The van der Waals surface area contributed by atoms with Crippen LogP contribution in [0.5, 0.6) is 5.75 Å². The third kappa shape index (κ3) is 3.94. The van der Waals surface area contributed by atoms with Gasteiger partial charge in [0.25, 0.3) is 0 Å². The molecule has 0 aliphatic heterocycles. The molecule has 1 atom stereocenters. The van der Waals surface area contributed by atoms with Crippen LogP contribution in [-0.2, 0) is 9.53 Å². The Morgan fingerprint density at radius 1 is 1.60 bits per heavy atom. The summed E-state index contributed by atoms with van der Waals surface area (Å²) in [5.41, 5.74) is 5.00. The smallest absolute Gasteiger partial charge is 0.379 e. The number of carbonyl (C=O) groups excluding carboxylic acids is 1. The number of phenols is 1. The number of alkyl halides is 2. The van der Waals surface area contributed by atoms with Crippen molar-refractivity contribution in [3.8, 4) is 5.75 Å². The maximum atomic E-state index is 13.8. The van der Waals surface area contributed by atoms with Crippen LogP contribution < -0.4 is 5.73 Å². The van der Waals surface area contributed by atoms with Gasteiger partial charge in [-0.3, -0.25) is 0 Å². The first kappa shape index (κ1) is 19.4. The van der Waals surface area contributed by atoms with Crippen molar-refractivity contribution >= 4 is 45.9 Å². The molecule has 0 fully saturated rings. The fourth-order valence-corrected chi connectivity index (χ4v) is 2.21. The number of ether oxygens (including phenoxy) is 1. The number of phenolic OH excluding ortho intramolecular Hbond substituents is 1. The average molecular weight is 395 g/mol. The molecule has 3 N–H and O–H groups in total. The lowest BCUT2D eigenvalue weighted by molar-refractivity contribution is -0.174. The van der Waals surface area contributed by atoms with Gasteiger partial charge in [0.05, 0.1) is 11.6 Å². The number of carbonyl (C=O) groups is 1. The summed E-state index contributed by atoms with van der Waals surface area (Å²) in [6.45, 7) is 1.19. The van der Waals surface area contributed by atoms with Crippen LogP contribution in [0, 0.1) is 0 Å². The molecule has 0 spiro atoms. The predicted octanol–water partition coefficient (Wildman–Crippen LogP) is 3.43. The number of halogens is 5. The Labute approximate surface area is 133 Å². The molecular weight excluding hydrogens is 383 g/mol. The highest BCUT2D eigenvalue weighted by molar-refractivity contribution is 9.10. The lowest BCUT2D eigenvalue weighted by Crippen LogP contribution is -2.41. The molecule has 0 aromatic heterocycles. The van der Waals surface area contributed by atoms with Crippen molar-refractivity contribution in [3.63, 3.8) is 0 Å². The summed E-state index contributed by atoms with van der Waals surface area (Å²) in [5, 5.41) is 9.50. The third-order valence-corrected chi connectivity index (χ3v) is 3.08. The van der Waals surface area contributed by atoms with Crippen molar-refractivity contribution in [2.45, 2.75) is 18.9 Å². The van der Waals surface area contributed by atoms with Crippen LogP contribution in [0.3, 0.4) is 0 Å². The Kier molecular flexibility index (Phi) is 7.17. The van der Waals surface area contributed by atoms with E-state index in [0.717, 1.165) is 0 Å². The molecule has 0 saturated heterocycles. The quantitative estimate of drug-likeness (QED) is 0.767. The van der Waals surface area contributed by atoms with E-state index in [1.165, 1.54) is 19.1 Å². The van der Waals surface area contributed by atoms with E-state index in [9.17, 15) is 18.7 Å². The van der Waals surface area contributed by atoms with Crippen LogP contribution in [0.1, 0.15) is 18.5 Å². The van der Waals surface area contributed by atoms with Crippen molar-refractivity contribution in [3.05, 3.63) is 27.2 Å². The summed E-state index contributed by atoms with van der Waals surface area (Å²) in [5.74, 6) is -6.32. The average Bonchev–Trinajstić information content (AvgIpc) is 2.33. The van der Waals surface area contributed by atoms with E-state index < -0.39 is 23.7 Å². The van der Waals surface area contributed by atoms with Gasteiger partial charge in [-0.1, -0.05) is 27.5 Å². The van der Waals surface area contributed by atoms with E-state index in [4.69, 9.17) is 17.3 Å². The Morgan fingerprint density at radius 2 is 2.15 bits per heavy atom. The predicted molar refractivity (Wildman–Crippen MR) is 76.6 cm³/mol. The highest BCUT2D eigenvalue weighted by atomic mass is 79.9. The molecule has 0 aliphatic rings. The maximum Gasteiger partial charge on any atom is 0.379 e. The summed E-state index contributed by atoms with van der Waals surface area (Å²) in [6.07, 6.45) is 0. The highest BCUT2D eigenvalue weighted by Crippen LogP contribution is 2.40. The molecule has 0 saturated carbocycles. The zero-order valence-electron chi connectivity index (χ0n) is 10.2. The lowest BCUT2D eigenvalue weighted by Gasteiger charge is -2.23. The molecular formula is C11H12BrCl2F2NO3. The van der Waals surface area contributed by atoms with Gasteiger partial charge in [0, 0.05) is 10.0 Å². The SMILES string of the molecule is CCOC(=O)C(F)(F)[C@@H](N)c1cc(Br)cc(Cl)c1O.Cl. The molecule has 1 aromatic rings. The van der Waals surface area contributed by atoms with Crippen molar-refractivity contribution in [2.75, 3.05) is 6.61 Å². The van der Waals surface area contributed by atoms with Crippen molar-refractivity contribution in [1.29, 1.82) is 0 Å². The first-order valence-corrected chi connectivity index (χ1v) is 6.37. The zero-order chi connectivity index (χ0) is 14.8. The van der Waals surface area contributed by atoms with Crippen LogP contribution in [0.4, 0.5) is 8.78 Å². The van der Waals surface area contributed by atoms with E-state index in [2.05, 4.69) is 20.7 Å². The van der Waals surface area contributed by atoms with Crippen molar-refractivity contribution < 1.29 is 23.4 Å². The van der Waals surface area contributed by atoms with E-state index in [0.29, 0.717) is 4.47 Å². The van der Waals surface area contributed by atoms with Crippen molar-refractivity contribution in [1.82, 2.24) is 0 Å². The van der Waals surface area contributed by atoms with Crippen LogP contribution in [0.15, 0.2) is 16.6 Å². The molecule has 114 valence electrons. The molecule has 20 heavy (non-hydrogen) atoms. The first-order chi connectivity index (χ1) is 8.71. The number of aromatic hydroxyl groups is 1. The van der Waals surface area contributed by atoms with Gasteiger partial charge in [-0.25, -0.2) is 4.79 Å². The first-order valence-electron chi connectivity index (χ1n) is 5.20. The molecule has 0 amide bonds. The molecule has 0 aliphatic carbocycles. The summed E-state index contributed by atoms with van der Waals surface area (Å²) in [7, 11) is 0. The molecule has 1 rings (SSSR count). The van der Waals surface area contributed by atoms with Crippen LogP contribution in [0.2, 0.25) is 5.02 Å². The number of rotatable bonds is 4. The van der Waals surface area contributed by atoms with E-state index in [1.54, 1.807) is 0 Å². The minimum absolute atomic E-state index is 0. The van der Waals surface area contributed by atoms with Gasteiger partial charge in [0.15, 0.2) is 0 Å².